The van der Waals surface area contributed by atoms with E-state index in [1.807, 2.05) is 0 Å². The third kappa shape index (κ3) is 2.61. The van der Waals surface area contributed by atoms with E-state index in [-0.39, 0.29) is 12.2 Å². The molecule has 0 unspecified atom stereocenters. The van der Waals surface area contributed by atoms with Gasteiger partial charge in [0.25, 0.3) is 5.91 Å². The highest BCUT2D eigenvalue weighted by Gasteiger charge is 2.22. The number of anilines is 1. The second-order valence-corrected chi connectivity index (χ2v) is 4.51. The van der Waals surface area contributed by atoms with Gasteiger partial charge in [-0.2, -0.15) is 5.10 Å². The molecule has 7 heteroatoms. The quantitative estimate of drug-likeness (QED) is 0.868. The smallest absolute Gasteiger partial charge is 0.259 e. The van der Waals surface area contributed by atoms with Crippen molar-refractivity contribution in [1.82, 2.24) is 14.7 Å². The molecule has 0 radical (unpaired) electrons. The second kappa shape index (κ2) is 5.28. The van der Waals surface area contributed by atoms with Crippen LogP contribution in [0.3, 0.4) is 0 Å². The molecular weight excluding hydrogens is 266 g/mol. The zero-order chi connectivity index (χ0) is 14.9. The summed E-state index contributed by atoms with van der Waals surface area (Å²) in [5.41, 5.74) is 5.21. The summed E-state index contributed by atoms with van der Waals surface area (Å²) in [6.07, 6.45) is 3.30. The van der Waals surface area contributed by atoms with Crippen LogP contribution in [0.2, 0.25) is 0 Å². The van der Waals surface area contributed by atoms with Crippen LogP contribution in [-0.2, 0) is 13.6 Å². The molecule has 2 aromatic rings. The van der Waals surface area contributed by atoms with E-state index in [1.165, 1.54) is 11.9 Å². The second-order valence-electron chi connectivity index (χ2n) is 4.51. The number of rotatable bonds is 3. The van der Waals surface area contributed by atoms with Crippen LogP contribution in [0.4, 0.5) is 14.5 Å². The molecule has 0 saturated carbocycles. The fourth-order valence-corrected chi connectivity index (χ4v) is 1.85. The molecule has 1 aromatic heterocycles. The summed E-state index contributed by atoms with van der Waals surface area (Å²) in [5.74, 6) is -2.73. The van der Waals surface area contributed by atoms with Crippen LogP contribution in [0.25, 0.3) is 0 Å². The fraction of sp³-hybridized carbons (Fsp3) is 0.231. The van der Waals surface area contributed by atoms with Crippen LogP contribution < -0.4 is 5.73 Å². The Morgan fingerprint density at radius 3 is 2.75 bits per heavy atom. The fourth-order valence-electron chi connectivity index (χ4n) is 1.85. The molecule has 20 heavy (non-hydrogen) atoms. The van der Waals surface area contributed by atoms with Crippen molar-refractivity contribution in [3.63, 3.8) is 0 Å². The van der Waals surface area contributed by atoms with Crippen LogP contribution in [0, 0.1) is 11.6 Å². The molecule has 106 valence electrons. The maximum absolute atomic E-state index is 13.8. The summed E-state index contributed by atoms with van der Waals surface area (Å²) >= 11 is 0. The first-order valence-corrected chi connectivity index (χ1v) is 5.86. The highest BCUT2D eigenvalue weighted by molar-refractivity contribution is 5.95. The number of nitrogens with two attached hydrogens (primary N) is 1. The molecule has 1 aromatic carbocycles. The van der Waals surface area contributed by atoms with Gasteiger partial charge in [-0.3, -0.25) is 9.48 Å². The third-order valence-electron chi connectivity index (χ3n) is 2.86. The van der Waals surface area contributed by atoms with Crippen molar-refractivity contribution in [2.75, 3.05) is 12.8 Å². The number of amides is 1. The lowest BCUT2D eigenvalue weighted by Gasteiger charge is -2.17. The lowest BCUT2D eigenvalue weighted by atomic mass is 10.1. The minimum atomic E-state index is -1.03. The monoisotopic (exact) mass is 280 g/mol. The molecule has 1 heterocycles. The molecule has 1 amide bonds. The van der Waals surface area contributed by atoms with Gasteiger partial charge in [0.2, 0.25) is 0 Å². The van der Waals surface area contributed by atoms with Crippen molar-refractivity contribution in [2.45, 2.75) is 6.54 Å². The highest BCUT2D eigenvalue weighted by atomic mass is 19.1. The van der Waals surface area contributed by atoms with E-state index in [4.69, 9.17) is 5.73 Å². The van der Waals surface area contributed by atoms with Gasteiger partial charge in [0, 0.05) is 32.4 Å². The minimum absolute atomic E-state index is 0.195. The van der Waals surface area contributed by atoms with E-state index in [0.29, 0.717) is 0 Å². The Kier molecular flexibility index (Phi) is 3.69. The molecule has 0 saturated heterocycles. The number of carbonyl (C=O) groups excluding carboxylic acids is 1. The number of nitrogens with zero attached hydrogens (tertiary/aromatic N) is 3. The molecule has 5 nitrogen and oxygen atoms in total. The number of aromatic nitrogens is 2. The Bertz CT molecular complexity index is 654. The number of nitrogen functional groups attached to an aromatic ring is 1. The van der Waals surface area contributed by atoms with E-state index in [0.717, 1.165) is 17.7 Å². The number of aryl methyl sites for hydroxylation is 1. The summed E-state index contributed by atoms with van der Waals surface area (Å²) in [7, 11) is 3.19. The van der Waals surface area contributed by atoms with Gasteiger partial charge >= 0.3 is 0 Å². The topological polar surface area (TPSA) is 64.2 Å². The Morgan fingerprint density at radius 1 is 1.45 bits per heavy atom. The van der Waals surface area contributed by atoms with Crippen LogP contribution in [0.5, 0.6) is 0 Å². The van der Waals surface area contributed by atoms with Gasteiger partial charge in [-0.1, -0.05) is 0 Å². The molecule has 0 aliphatic rings. The molecule has 0 aliphatic carbocycles. The molecule has 0 bridgehead atoms. The van der Waals surface area contributed by atoms with Gasteiger partial charge in [-0.15, -0.1) is 0 Å². The van der Waals surface area contributed by atoms with E-state index in [9.17, 15) is 13.6 Å². The average molecular weight is 280 g/mol. The summed E-state index contributed by atoms with van der Waals surface area (Å²) in [5, 5.41) is 3.96. The molecule has 0 atom stereocenters. The van der Waals surface area contributed by atoms with Crippen LogP contribution in [0.1, 0.15) is 15.9 Å². The average Bonchev–Trinajstić information content (AvgIpc) is 2.79. The van der Waals surface area contributed by atoms with Crippen LogP contribution in [0.15, 0.2) is 24.5 Å². The molecular formula is C13H14F2N4O. The van der Waals surface area contributed by atoms with E-state index >= 15 is 0 Å². The molecule has 2 rings (SSSR count). The molecule has 0 fully saturated rings. The minimum Gasteiger partial charge on any atom is -0.396 e. The lowest BCUT2D eigenvalue weighted by Crippen LogP contribution is -2.28. The molecule has 2 N–H and O–H groups in total. The highest BCUT2D eigenvalue weighted by Crippen LogP contribution is 2.20. The van der Waals surface area contributed by atoms with Crippen molar-refractivity contribution in [3.8, 4) is 0 Å². The number of hydrogen-bond acceptors (Lipinski definition) is 3. The van der Waals surface area contributed by atoms with Crippen molar-refractivity contribution < 1.29 is 13.6 Å². The van der Waals surface area contributed by atoms with E-state index < -0.39 is 23.1 Å². The number of benzene rings is 1. The Hall–Kier alpha value is -2.44. The summed E-state index contributed by atoms with van der Waals surface area (Å²) in [6, 6.07) is 2.06. The third-order valence-corrected chi connectivity index (χ3v) is 2.86. The lowest BCUT2D eigenvalue weighted by molar-refractivity contribution is 0.0775. The number of hydrogen-bond donors (Lipinski definition) is 1. The van der Waals surface area contributed by atoms with Gasteiger partial charge < -0.3 is 10.6 Å². The SMILES string of the molecule is CN(Cc1cnn(C)c1)C(=O)c1c(F)ccc(N)c1F. The van der Waals surface area contributed by atoms with Gasteiger partial charge in [-0.05, 0) is 12.1 Å². The first-order chi connectivity index (χ1) is 9.40. The first-order valence-electron chi connectivity index (χ1n) is 5.86. The Balaban J connectivity index is 2.25. The Labute approximate surface area is 114 Å². The summed E-state index contributed by atoms with van der Waals surface area (Å²) < 4.78 is 29.0. The van der Waals surface area contributed by atoms with Gasteiger partial charge in [0.05, 0.1) is 11.9 Å². The maximum atomic E-state index is 13.8. The summed E-state index contributed by atoms with van der Waals surface area (Å²) in [6.45, 7) is 0.195. The predicted molar refractivity (Wildman–Crippen MR) is 69.8 cm³/mol. The zero-order valence-electron chi connectivity index (χ0n) is 11.1. The van der Waals surface area contributed by atoms with Gasteiger partial charge in [0.1, 0.15) is 11.4 Å². The van der Waals surface area contributed by atoms with Gasteiger partial charge in [0.15, 0.2) is 5.82 Å². The molecule has 0 spiro atoms. The van der Waals surface area contributed by atoms with Gasteiger partial charge in [-0.25, -0.2) is 8.78 Å². The molecule has 0 aliphatic heterocycles. The predicted octanol–water partition coefficient (Wildman–Crippen LogP) is 1.55. The van der Waals surface area contributed by atoms with Crippen molar-refractivity contribution in [1.29, 1.82) is 0 Å². The largest absolute Gasteiger partial charge is 0.396 e. The standard InChI is InChI=1S/C13H14F2N4O/c1-18(6-8-5-17-19(2)7-8)13(20)11-9(14)3-4-10(16)12(11)15/h3-5,7H,6,16H2,1-2H3. The van der Waals surface area contributed by atoms with Crippen LogP contribution in [-0.4, -0.2) is 27.6 Å². The summed E-state index contributed by atoms with van der Waals surface area (Å²) in [4.78, 5) is 13.3. The van der Waals surface area contributed by atoms with Crippen molar-refractivity contribution in [2.24, 2.45) is 7.05 Å². The van der Waals surface area contributed by atoms with E-state index in [2.05, 4.69) is 5.10 Å². The first kappa shape index (κ1) is 14.0. The maximum Gasteiger partial charge on any atom is 0.259 e. The normalized spacial score (nSPS) is 10.6. The van der Waals surface area contributed by atoms with Crippen LogP contribution >= 0.6 is 0 Å². The number of carbonyl (C=O) groups is 1. The van der Waals surface area contributed by atoms with Crippen molar-refractivity contribution >= 4 is 11.6 Å². The number of halogens is 2. The Morgan fingerprint density at radius 2 is 2.15 bits per heavy atom. The zero-order valence-corrected chi connectivity index (χ0v) is 11.1. The van der Waals surface area contributed by atoms with E-state index in [1.54, 1.807) is 24.1 Å². The van der Waals surface area contributed by atoms with Crippen molar-refractivity contribution in [3.05, 3.63) is 47.3 Å².